The van der Waals surface area contributed by atoms with Crippen LogP contribution in [0.4, 0.5) is 4.79 Å². The summed E-state index contributed by atoms with van der Waals surface area (Å²) in [7, 11) is 0. The van der Waals surface area contributed by atoms with Gasteiger partial charge in [-0.25, -0.2) is 4.79 Å². The van der Waals surface area contributed by atoms with Crippen LogP contribution < -0.4 is 0 Å². The summed E-state index contributed by atoms with van der Waals surface area (Å²) in [5.74, 6) is 0. The summed E-state index contributed by atoms with van der Waals surface area (Å²) < 4.78 is 0. The third-order valence-electron chi connectivity index (χ3n) is 0. The van der Waals surface area contributed by atoms with Crippen molar-refractivity contribution in [1.82, 2.24) is 0 Å². The van der Waals surface area contributed by atoms with Gasteiger partial charge in [-0.2, -0.15) is 0 Å². The molecule has 4 nitrogen and oxygen atoms in total. The molecular formula is CH4NNiO3-. The van der Waals surface area contributed by atoms with Gasteiger partial charge in [-0.15, -0.1) is 0 Å². The van der Waals surface area contributed by atoms with E-state index in [0.29, 0.717) is 0 Å². The van der Waals surface area contributed by atoms with E-state index in [0.717, 1.165) is 0 Å². The summed E-state index contributed by atoms with van der Waals surface area (Å²) in [5, 5.41) is 13.9. The molecule has 0 amide bonds. The summed E-state index contributed by atoms with van der Waals surface area (Å²) in [6.07, 6.45) is -1.83. The van der Waals surface area contributed by atoms with Gasteiger partial charge >= 0.3 is 6.16 Å². The Labute approximate surface area is 44.7 Å². The molecule has 0 aliphatic carbocycles. The second-order valence-corrected chi connectivity index (χ2v) is 0.283. The van der Waals surface area contributed by atoms with Gasteiger partial charge in [0, 0.05) is 16.5 Å². The van der Waals surface area contributed by atoms with E-state index in [4.69, 9.17) is 15.0 Å². The molecule has 0 aliphatic heterocycles. The molecule has 0 unspecified atom stereocenters. The molecule has 42 valence electrons. The zero-order valence-corrected chi connectivity index (χ0v) is 3.68. The zero-order chi connectivity index (χ0) is 3.58. The van der Waals surface area contributed by atoms with Gasteiger partial charge in [0.05, 0.1) is 0 Å². The van der Waals surface area contributed by atoms with Crippen molar-refractivity contribution >= 4 is 6.16 Å². The minimum atomic E-state index is -1.83. The number of carbonyl (C=O) groups is 1. The predicted octanol–water partition coefficient (Wildman–Crippen LogP) is 0.937. The molecule has 0 rings (SSSR count). The van der Waals surface area contributed by atoms with E-state index in [2.05, 4.69) is 0 Å². The normalized spacial score (nSPS) is 4.00. The number of rotatable bonds is 0. The van der Waals surface area contributed by atoms with Gasteiger partial charge in [0.2, 0.25) is 0 Å². The average Bonchev–Trinajstić information content (AvgIpc) is 0.811. The topological polar surface area (TPSA) is 91.0 Å². The molecule has 6 heavy (non-hydrogen) atoms. The SMILES string of the molecule is O=C(O)O.[NH2-].[Ni]. The van der Waals surface area contributed by atoms with E-state index in [9.17, 15) is 0 Å². The third-order valence-corrected chi connectivity index (χ3v) is 0. The minimum Gasteiger partial charge on any atom is -0.693 e. The maximum absolute atomic E-state index is 8.56. The Bertz CT molecular complexity index is 33.8. The summed E-state index contributed by atoms with van der Waals surface area (Å²) >= 11 is 0. The Morgan fingerprint density at radius 1 is 1.33 bits per heavy atom. The van der Waals surface area contributed by atoms with E-state index in [1.807, 2.05) is 0 Å². The number of nitrogens with two attached hydrogens (primary N) is 1. The second kappa shape index (κ2) is 8.83. The fourth-order valence-electron chi connectivity index (χ4n) is 0. The number of hydrogen-bond donors (Lipinski definition) is 2. The van der Waals surface area contributed by atoms with E-state index < -0.39 is 6.16 Å². The summed E-state index contributed by atoms with van der Waals surface area (Å²) in [5.41, 5.74) is 0. The molecule has 0 radical (unpaired) electrons. The molecule has 0 atom stereocenters. The Kier molecular flexibility index (Phi) is 25.3. The first-order valence-corrected chi connectivity index (χ1v) is 0.651. The van der Waals surface area contributed by atoms with Crippen molar-refractivity contribution in [3.63, 3.8) is 0 Å². The summed E-state index contributed by atoms with van der Waals surface area (Å²) in [4.78, 5) is 8.56. The monoisotopic (exact) mass is 136 g/mol. The van der Waals surface area contributed by atoms with Crippen molar-refractivity contribution in [3.8, 4) is 0 Å². The Morgan fingerprint density at radius 2 is 1.33 bits per heavy atom. The zero-order valence-electron chi connectivity index (χ0n) is 2.70. The van der Waals surface area contributed by atoms with Crippen LogP contribution in [0.5, 0.6) is 0 Å². The standard InChI is InChI=1S/CH2O3.H2N.Ni/c2-1(3)4;;/h(H2,2,3,4);1H2;/q;-1;. The van der Waals surface area contributed by atoms with Crippen molar-refractivity contribution in [2.75, 3.05) is 0 Å². The van der Waals surface area contributed by atoms with Crippen LogP contribution in [0.15, 0.2) is 0 Å². The molecule has 0 aromatic carbocycles. The van der Waals surface area contributed by atoms with Gasteiger partial charge in [0.1, 0.15) is 0 Å². The number of hydrogen-bond acceptors (Lipinski definition) is 1. The summed E-state index contributed by atoms with van der Waals surface area (Å²) in [6.45, 7) is 0. The van der Waals surface area contributed by atoms with Crippen molar-refractivity contribution in [1.29, 1.82) is 0 Å². The molecule has 0 aliphatic rings. The molecule has 0 aromatic rings. The second-order valence-electron chi connectivity index (χ2n) is 0.283. The average molecular weight is 137 g/mol. The third kappa shape index (κ3) is 361. The molecular weight excluding hydrogens is 133 g/mol. The van der Waals surface area contributed by atoms with E-state index >= 15 is 0 Å². The van der Waals surface area contributed by atoms with Crippen LogP contribution in [0.3, 0.4) is 0 Å². The van der Waals surface area contributed by atoms with E-state index in [1.165, 1.54) is 0 Å². The Hall–Kier alpha value is -0.276. The largest absolute Gasteiger partial charge is 0.693 e. The maximum atomic E-state index is 8.56. The van der Waals surface area contributed by atoms with Gasteiger partial charge < -0.3 is 16.4 Å². The number of carboxylic acid groups (broad SMARTS) is 2. The van der Waals surface area contributed by atoms with Crippen molar-refractivity contribution < 1.29 is 31.5 Å². The van der Waals surface area contributed by atoms with Crippen LogP contribution in [-0.4, -0.2) is 16.4 Å². The molecule has 0 spiro atoms. The first-order chi connectivity index (χ1) is 1.73. The Morgan fingerprint density at radius 3 is 1.33 bits per heavy atom. The first-order valence-electron chi connectivity index (χ1n) is 0.651. The van der Waals surface area contributed by atoms with Crippen molar-refractivity contribution in [2.24, 2.45) is 0 Å². The molecule has 0 heterocycles. The quantitative estimate of drug-likeness (QED) is 0.486. The van der Waals surface area contributed by atoms with Crippen LogP contribution in [0.1, 0.15) is 0 Å². The van der Waals surface area contributed by atoms with Crippen LogP contribution in [0.2, 0.25) is 0 Å². The van der Waals surface area contributed by atoms with Crippen molar-refractivity contribution in [2.45, 2.75) is 0 Å². The van der Waals surface area contributed by atoms with Crippen LogP contribution in [-0.2, 0) is 16.5 Å². The molecule has 4 N–H and O–H groups in total. The molecule has 0 fully saturated rings. The molecule has 0 saturated carbocycles. The predicted molar refractivity (Wildman–Crippen MR) is 15.9 cm³/mol. The molecule has 0 saturated heterocycles. The minimum absolute atomic E-state index is 0. The Balaban J connectivity index is -0.0000000450. The molecule has 5 heteroatoms. The van der Waals surface area contributed by atoms with E-state index in [-0.39, 0.29) is 22.6 Å². The van der Waals surface area contributed by atoms with Crippen molar-refractivity contribution in [3.05, 3.63) is 6.15 Å². The van der Waals surface area contributed by atoms with Crippen LogP contribution in [0.25, 0.3) is 6.15 Å². The smallest absolute Gasteiger partial charge is 0.503 e. The van der Waals surface area contributed by atoms with E-state index in [1.54, 1.807) is 0 Å². The van der Waals surface area contributed by atoms with Gasteiger partial charge in [-0.1, -0.05) is 0 Å². The fourth-order valence-corrected chi connectivity index (χ4v) is 0. The van der Waals surface area contributed by atoms with Gasteiger partial charge in [0.15, 0.2) is 0 Å². The fraction of sp³-hybridized carbons (Fsp3) is 0. The van der Waals surface area contributed by atoms with Gasteiger partial charge in [-0.05, 0) is 0 Å². The molecule has 0 aromatic heterocycles. The van der Waals surface area contributed by atoms with Gasteiger partial charge in [0.25, 0.3) is 0 Å². The molecule has 0 bridgehead atoms. The summed E-state index contributed by atoms with van der Waals surface area (Å²) in [6, 6.07) is 0. The van der Waals surface area contributed by atoms with Crippen LogP contribution >= 0.6 is 0 Å². The first kappa shape index (κ1) is 17.2. The van der Waals surface area contributed by atoms with Crippen LogP contribution in [0, 0.1) is 0 Å². The maximum Gasteiger partial charge on any atom is 0.503 e. The van der Waals surface area contributed by atoms with Gasteiger partial charge in [-0.3, -0.25) is 0 Å².